The summed E-state index contributed by atoms with van der Waals surface area (Å²) in [7, 11) is 0. The van der Waals surface area contributed by atoms with Crippen LogP contribution in [0.1, 0.15) is 25.0 Å². The van der Waals surface area contributed by atoms with E-state index in [-0.39, 0.29) is 30.9 Å². The van der Waals surface area contributed by atoms with Gasteiger partial charge in [0.1, 0.15) is 24.2 Å². The number of rotatable bonds is 4. The number of fused-ring (bicyclic) bond motifs is 2. The van der Waals surface area contributed by atoms with Crippen molar-refractivity contribution in [3.63, 3.8) is 0 Å². The van der Waals surface area contributed by atoms with E-state index in [1.165, 1.54) is 4.90 Å². The molecule has 5 rings (SSSR count). The first-order chi connectivity index (χ1) is 16.7. The second-order valence-electron chi connectivity index (χ2n) is 10.3. The van der Waals surface area contributed by atoms with E-state index < -0.39 is 41.6 Å². The molecule has 1 spiro atoms. The van der Waals surface area contributed by atoms with Gasteiger partial charge >= 0.3 is 5.97 Å². The number of hydrogen-bond donors (Lipinski definition) is 1. The van der Waals surface area contributed by atoms with E-state index in [1.54, 1.807) is 23.1 Å². The number of nitrogens with zero attached hydrogens (tertiary/aromatic N) is 2. The monoisotopic (exact) mass is 480 g/mol. The van der Waals surface area contributed by atoms with Crippen molar-refractivity contribution in [2.75, 3.05) is 24.7 Å². The first-order valence-electron chi connectivity index (χ1n) is 12.2. The van der Waals surface area contributed by atoms with Gasteiger partial charge in [0.15, 0.2) is 0 Å². The summed E-state index contributed by atoms with van der Waals surface area (Å²) in [5, 5.41) is 10.3. The molecule has 0 aromatic heterocycles. The van der Waals surface area contributed by atoms with Crippen LogP contribution in [0, 0.1) is 31.6 Å². The predicted molar refractivity (Wildman–Crippen MR) is 128 cm³/mol. The average molecular weight is 481 g/mol. The van der Waals surface area contributed by atoms with Crippen LogP contribution in [0.15, 0.2) is 42.5 Å². The third-order valence-electron chi connectivity index (χ3n) is 7.82. The van der Waals surface area contributed by atoms with Crippen LogP contribution in [0.25, 0.3) is 0 Å². The second-order valence-corrected chi connectivity index (χ2v) is 10.3. The molecule has 2 saturated heterocycles. The molecule has 0 radical (unpaired) electrons. The number of carbonyl (C=O) groups is 3. The maximum atomic E-state index is 14.4. The maximum absolute atomic E-state index is 14.4. The minimum Gasteiger partial charge on any atom is -0.461 e. The number of amides is 2. The summed E-state index contributed by atoms with van der Waals surface area (Å²) in [5.41, 5.74) is 1.39. The molecule has 1 unspecified atom stereocenters. The summed E-state index contributed by atoms with van der Waals surface area (Å²) in [6, 6.07) is 4.30. The van der Waals surface area contributed by atoms with Gasteiger partial charge in [0, 0.05) is 12.2 Å². The molecule has 35 heavy (non-hydrogen) atoms. The van der Waals surface area contributed by atoms with E-state index in [2.05, 4.69) is 0 Å². The lowest BCUT2D eigenvalue weighted by atomic mass is 9.78. The zero-order chi connectivity index (χ0) is 25.1. The Bertz CT molecular complexity index is 1130. The highest BCUT2D eigenvalue weighted by Crippen LogP contribution is 2.54. The van der Waals surface area contributed by atoms with Crippen molar-refractivity contribution < 1.29 is 29.0 Å². The molecule has 4 aliphatic rings. The van der Waals surface area contributed by atoms with Gasteiger partial charge in [-0.05, 0) is 43.0 Å². The standard InChI is InChI=1S/C27H32N2O6/c1-15(2)19(14-30)29-23-25(32)28(18-13-16(3)8-9-17(18)4)11-6-10-27(23)22(24(29)31)21-20(35-27)7-5-12-34-26(21)33/h5-10,13,15,19-23,30H,11-12,14H2,1-4H3/t19-,20+,21-,22-,23?,27-/m0/s1. The van der Waals surface area contributed by atoms with Crippen LogP contribution < -0.4 is 4.90 Å². The Kier molecular flexibility index (Phi) is 5.84. The number of hydrogen-bond acceptors (Lipinski definition) is 6. The Morgan fingerprint density at radius 1 is 1.14 bits per heavy atom. The highest BCUT2D eigenvalue weighted by atomic mass is 16.6. The van der Waals surface area contributed by atoms with E-state index in [4.69, 9.17) is 9.47 Å². The molecule has 8 heteroatoms. The molecule has 6 atom stereocenters. The van der Waals surface area contributed by atoms with Crippen molar-refractivity contribution in [3.05, 3.63) is 53.6 Å². The van der Waals surface area contributed by atoms with Crippen LogP contribution >= 0.6 is 0 Å². The zero-order valence-electron chi connectivity index (χ0n) is 20.5. The third kappa shape index (κ3) is 3.45. The smallest absolute Gasteiger partial charge is 0.313 e. The second kappa shape index (κ2) is 8.60. The summed E-state index contributed by atoms with van der Waals surface area (Å²) >= 11 is 0. The number of aryl methyl sites for hydroxylation is 2. The van der Waals surface area contributed by atoms with E-state index >= 15 is 0 Å². The fourth-order valence-corrected chi connectivity index (χ4v) is 6.11. The molecule has 8 nitrogen and oxygen atoms in total. The number of ether oxygens (including phenoxy) is 2. The van der Waals surface area contributed by atoms with Crippen molar-refractivity contribution in [1.82, 2.24) is 4.90 Å². The van der Waals surface area contributed by atoms with E-state index in [0.717, 1.165) is 16.8 Å². The van der Waals surface area contributed by atoms with Gasteiger partial charge in [-0.2, -0.15) is 0 Å². The lowest BCUT2D eigenvalue weighted by Crippen LogP contribution is -2.59. The Labute approximate surface area is 205 Å². The Morgan fingerprint density at radius 2 is 1.91 bits per heavy atom. The highest BCUT2D eigenvalue weighted by molar-refractivity contribution is 6.06. The van der Waals surface area contributed by atoms with Crippen LogP contribution in [0.5, 0.6) is 0 Å². The average Bonchev–Trinajstić information content (AvgIpc) is 3.11. The minimum atomic E-state index is -1.33. The Hall–Kier alpha value is -2.97. The molecular formula is C27H32N2O6. The van der Waals surface area contributed by atoms with Gasteiger partial charge < -0.3 is 24.4 Å². The van der Waals surface area contributed by atoms with Crippen molar-refractivity contribution >= 4 is 23.5 Å². The minimum absolute atomic E-state index is 0.120. The number of aliphatic hydroxyl groups excluding tert-OH is 1. The van der Waals surface area contributed by atoms with Gasteiger partial charge in [-0.1, -0.05) is 44.2 Å². The molecule has 1 N–H and O–H groups in total. The first kappa shape index (κ1) is 23.8. The highest BCUT2D eigenvalue weighted by Gasteiger charge is 2.72. The molecule has 4 heterocycles. The molecule has 0 bridgehead atoms. The van der Waals surface area contributed by atoms with Crippen LogP contribution in [0.4, 0.5) is 5.69 Å². The summed E-state index contributed by atoms with van der Waals surface area (Å²) in [6.07, 6.45) is 6.46. The SMILES string of the molecule is Cc1ccc(C)c(N2CC=C[C@]34O[C@@H]5C=CCOC(=O)[C@@H]5[C@H]3C(=O)N([C@@H](CO)C(C)C)C4C2=O)c1. The topological polar surface area (TPSA) is 96.4 Å². The van der Waals surface area contributed by atoms with E-state index in [9.17, 15) is 19.5 Å². The third-order valence-corrected chi connectivity index (χ3v) is 7.82. The molecule has 186 valence electrons. The molecule has 4 aliphatic heterocycles. The number of likely N-dealkylation sites (tertiary alicyclic amines) is 1. The summed E-state index contributed by atoms with van der Waals surface area (Å²) in [6.45, 7) is 7.85. The van der Waals surface area contributed by atoms with Crippen molar-refractivity contribution in [2.45, 2.75) is 51.5 Å². The number of cyclic esters (lactones) is 1. The summed E-state index contributed by atoms with van der Waals surface area (Å²) in [5.74, 6) is -3.04. The Morgan fingerprint density at radius 3 is 2.63 bits per heavy atom. The predicted octanol–water partition coefficient (Wildman–Crippen LogP) is 1.92. The van der Waals surface area contributed by atoms with E-state index in [1.807, 2.05) is 52.0 Å². The molecule has 1 aromatic rings. The van der Waals surface area contributed by atoms with Crippen LogP contribution in [-0.2, 0) is 23.9 Å². The van der Waals surface area contributed by atoms with Crippen LogP contribution in [0.2, 0.25) is 0 Å². The van der Waals surface area contributed by atoms with Crippen LogP contribution in [0.3, 0.4) is 0 Å². The van der Waals surface area contributed by atoms with Crippen molar-refractivity contribution in [2.24, 2.45) is 17.8 Å². The van der Waals surface area contributed by atoms with Gasteiger partial charge in [-0.25, -0.2) is 0 Å². The van der Waals surface area contributed by atoms with Gasteiger partial charge in [0.05, 0.1) is 24.7 Å². The van der Waals surface area contributed by atoms with Gasteiger partial charge in [-0.15, -0.1) is 0 Å². The first-order valence-corrected chi connectivity index (χ1v) is 12.2. The largest absolute Gasteiger partial charge is 0.461 e. The fraction of sp³-hybridized carbons (Fsp3) is 0.519. The normalized spacial score (nSPS) is 32.8. The molecule has 2 amide bonds. The Balaban J connectivity index is 1.68. The van der Waals surface area contributed by atoms with E-state index in [0.29, 0.717) is 6.54 Å². The fourth-order valence-electron chi connectivity index (χ4n) is 6.11. The summed E-state index contributed by atoms with van der Waals surface area (Å²) in [4.78, 5) is 44.6. The number of carbonyl (C=O) groups excluding carboxylic acids is 3. The number of aliphatic hydroxyl groups is 1. The maximum Gasteiger partial charge on any atom is 0.313 e. The molecule has 0 saturated carbocycles. The molecule has 2 fully saturated rings. The van der Waals surface area contributed by atoms with Gasteiger partial charge in [0.2, 0.25) is 5.91 Å². The van der Waals surface area contributed by atoms with Crippen LogP contribution in [-0.4, -0.2) is 71.3 Å². The molecule has 1 aromatic carbocycles. The lowest BCUT2D eigenvalue weighted by Gasteiger charge is -2.40. The lowest BCUT2D eigenvalue weighted by molar-refractivity contribution is -0.154. The van der Waals surface area contributed by atoms with Crippen molar-refractivity contribution in [1.29, 1.82) is 0 Å². The van der Waals surface area contributed by atoms with Gasteiger partial charge in [0.25, 0.3) is 5.91 Å². The number of esters is 1. The zero-order valence-corrected chi connectivity index (χ0v) is 20.5. The quantitative estimate of drug-likeness (QED) is 0.523. The molecule has 0 aliphatic carbocycles. The summed E-state index contributed by atoms with van der Waals surface area (Å²) < 4.78 is 11.9. The van der Waals surface area contributed by atoms with Gasteiger partial charge in [-0.3, -0.25) is 14.4 Å². The molecular weight excluding hydrogens is 448 g/mol. The van der Waals surface area contributed by atoms with Crippen molar-refractivity contribution in [3.8, 4) is 0 Å². The number of benzene rings is 1. The number of anilines is 1.